The van der Waals surface area contributed by atoms with Gasteiger partial charge in [-0.1, -0.05) is 74.1 Å². The molecule has 5 N–H and O–H groups in total. The van der Waals surface area contributed by atoms with Crippen LogP contribution in [-0.4, -0.2) is 101 Å². The molecule has 18 heteroatoms. The summed E-state index contributed by atoms with van der Waals surface area (Å²) in [7, 11) is 0. The van der Waals surface area contributed by atoms with Gasteiger partial charge in [0.15, 0.2) is 17.4 Å². The number of carboxylic acids is 2. The Kier molecular flexibility index (Phi) is 17.2. The summed E-state index contributed by atoms with van der Waals surface area (Å²) >= 11 is 1.23. The van der Waals surface area contributed by atoms with Gasteiger partial charge in [0.1, 0.15) is 12.4 Å². The molecule has 56 heavy (non-hydrogen) atoms. The molecule has 0 aliphatic carbocycles. The standard InChI is InChI=1S/C34H36F4N4O3S.C4H6O6/c1-3-40(4-2)17-18-41(19-24-5-9-26(10-6-24)27-11-13-29(14-12-27)34(36,37)38)31(44)21-42-20-28(22-43)32(45)39-33(42)46-23-25-7-15-30(35)16-8-25;5-1(3(7)8)2(6)4(9)10/h5-16,20,43H,3-4,17-19,21-23H2,1-2H3;1-2,5-6H,(H,7,8)(H,9,10). The summed E-state index contributed by atoms with van der Waals surface area (Å²) in [5, 5.41) is 42.5. The quantitative estimate of drug-likeness (QED) is 0.0584. The molecule has 4 rings (SSSR count). The summed E-state index contributed by atoms with van der Waals surface area (Å²) in [6.07, 6.45) is -7.49. The highest BCUT2D eigenvalue weighted by Crippen LogP contribution is 2.31. The Balaban J connectivity index is 0.000000739. The molecule has 0 aliphatic heterocycles. The highest BCUT2D eigenvalue weighted by molar-refractivity contribution is 7.98. The summed E-state index contributed by atoms with van der Waals surface area (Å²) in [6.45, 7) is 6.41. The van der Waals surface area contributed by atoms with Crippen molar-refractivity contribution in [2.24, 2.45) is 0 Å². The van der Waals surface area contributed by atoms with E-state index in [4.69, 9.17) is 20.4 Å². The lowest BCUT2D eigenvalue weighted by atomic mass is 10.0. The van der Waals surface area contributed by atoms with E-state index in [9.17, 15) is 41.8 Å². The van der Waals surface area contributed by atoms with Gasteiger partial charge < -0.3 is 39.9 Å². The minimum atomic E-state index is -4.41. The number of amides is 1. The van der Waals surface area contributed by atoms with Gasteiger partial charge in [0.05, 0.1) is 17.7 Å². The zero-order valence-corrected chi connectivity index (χ0v) is 31.2. The molecule has 0 spiro atoms. The molecule has 3 aromatic carbocycles. The number of hydrogen-bond acceptors (Lipinski definition) is 10. The Labute approximate surface area is 323 Å². The van der Waals surface area contributed by atoms with Crippen LogP contribution in [0.25, 0.3) is 11.1 Å². The van der Waals surface area contributed by atoms with Gasteiger partial charge in [-0.05, 0) is 59.6 Å². The first-order chi connectivity index (χ1) is 26.5. The minimum Gasteiger partial charge on any atom is -0.479 e. The molecule has 1 amide bonds. The van der Waals surface area contributed by atoms with Crippen LogP contribution in [0.3, 0.4) is 0 Å². The Hall–Kier alpha value is -5.14. The van der Waals surface area contributed by atoms with E-state index in [1.165, 1.54) is 42.2 Å². The van der Waals surface area contributed by atoms with Gasteiger partial charge in [-0.15, -0.1) is 0 Å². The largest absolute Gasteiger partial charge is 0.479 e. The van der Waals surface area contributed by atoms with Crippen LogP contribution >= 0.6 is 11.8 Å². The van der Waals surface area contributed by atoms with Gasteiger partial charge in [0, 0.05) is 31.6 Å². The summed E-state index contributed by atoms with van der Waals surface area (Å²) < 4.78 is 53.9. The second-order valence-electron chi connectivity index (χ2n) is 12.2. The highest BCUT2D eigenvalue weighted by Gasteiger charge is 2.30. The van der Waals surface area contributed by atoms with Crippen molar-refractivity contribution in [2.45, 2.75) is 62.8 Å². The Morgan fingerprint density at radius 2 is 1.34 bits per heavy atom. The van der Waals surface area contributed by atoms with Crippen molar-refractivity contribution in [1.29, 1.82) is 0 Å². The molecule has 0 radical (unpaired) electrons. The minimum absolute atomic E-state index is 0.0625. The molecular weight excluding hydrogens is 764 g/mol. The number of nitrogens with zero attached hydrogens (tertiary/aromatic N) is 4. The van der Waals surface area contributed by atoms with Gasteiger partial charge in [0.2, 0.25) is 5.91 Å². The van der Waals surface area contributed by atoms with E-state index < -0.39 is 48.1 Å². The SMILES string of the molecule is CCN(CC)CCN(Cc1ccc(-c2ccc(C(F)(F)F)cc2)cc1)C(=O)Cn1cc(CO)c(=O)nc1SCc1ccc(F)cc1.O=C(O)C(O)C(O)C(=O)O. The van der Waals surface area contributed by atoms with Crippen molar-refractivity contribution in [3.05, 3.63) is 117 Å². The van der Waals surface area contributed by atoms with Crippen molar-refractivity contribution in [3.63, 3.8) is 0 Å². The molecule has 302 valence electrons. The maximum Gasteiger partial charge on any atom is 0.416 e. The number of benzene rings is 3. The second kappa shape index (κ2) is 21.2. The lowest BCUT2D eigenvalue weighted by Crippen LogP contribution is -2.40. The predicted octanol–water partition coefficient (Wildman–Crippen LogP) is 4.10. The molecule has 2 atom stereocenters. The molecule has 2 unspecified atom stereocenters. The van der Waals surface area contributed by atoms with Crippen molar-refractivity contribution in [3.8, 4) is 11.1 Å². The number of aromatic nitrogens is 2. The van der Waals surface area contributed by atoms with Gasteiger partial charge in [-0.2, -0.15) is 18.2 Å². The van der Waals surface area contributed by atoms with Crippen LogP contribution in [0, 0.1) is 5.82 Å². The monoisotopic (exact) mass is 806 g/mol. The van der Waals surface area contributed by atoms with Crippen LogP contribution in [0.1, 0.15) is 36.1 Å². The number of halogens is 4. The number of carboxylic acid groups (broad SMARTS) is 2. The molecule has 0 saturated heterocycles. The second-order valence-corrected chi connectivity index (χ2v) is 13.2. The zero-order valence-electron chi connectivity index (χ0n) is 30.4. The summed E-state index contributed by atoms with van der Waals surface area (Å²) in [4.78, 5) is 53.9. The number of rotatable bonds is 17. The average Bonchev–Trinajstić information content (AvgIpc) is 3.17. The average molecular weight is 807 g/mol. The zero-order chi connectivity index (χ0) is 41.6. The van der Waals surface area contributed by atoms with Gasteiger partial charge in [-0.25, -0.2) is 14.0 Å². The van der Waals surface area contributed by atoms with E-state index in [-0.39, 0.29) is 30.4 Å². The van der Waals surface area contributed by atoms with E-state index in [0.717, 1.165) is 41.9 Å². The van der Waals surface area contributed by atoms with Crippen molar-refractivity contribution >= 4 is 29.6 Å². The molecule has 0 saturated carbocycles. The summed E-state index contributed by atoms with van der Waals surface area (Å²) in [6, 6.07) is 18.3. The maximum atomic E-state index is 13.8. The first kappa shape index (κ1) is 45.3. The molecule has 4 aromatic rings. The van der Waals surface area contributed by atoms with Gasteiger partial charge in [-0.3, -0.25) is 9.59 Å². The van der Waals surface area contributed by atoms with Crippen LogP contribution in [0.2, 0.25) is 0 Å². The van der Waals surface area contributed by atoms with Gasteiger partial charge >= 0.3 is 18.1 Å². The third kappa shape index (κ3) is 13.6. The van der Waals surface area contributed by atoms with Crippen molar-refractivity contribution in [2.75, 3.05) is 26.2 Å². The predicted molar refractivity (Wildman–Crippen MR) is 198 cm³/mol. The maximum absolute atomic E-state index is 13.8. The van der Waals surface area contributed by atoms with Crippen LogP contribution < -0.4 is 5.56 Å². The molecule has 0 bridgehead atoms. The van der Waals surface area contributed by atoms with E-state index in [1.54, 1.807) is 21.6 Å². The van der Waals surface area contributed by atoms with E-state index >= 15 is 0 Å². The first-order valence-corrected chi connectivity index (χ1v) is 18.1. The van der Waals surface area contributed by atoms with Crippen molar-refractivity contribution < 1.29 is 57.5 Å². The normalized spacial score (nSPS) is 12.4. The molecule has 1 aromatic heterocycles. The number of aliphatic carboxylic acids is 2. The first-order valence-electron chi connectivity index (χ1n) is 17.1. The van der Waals surface area contributed by atoms with E-state index in [0.29, 0.717) is 29.6 Å². The Bertz CT molecular complexity index is 1940. The highest BCUT2D eigenvalue weighted by atomic mass is 32.2. The van der Waals surface area contributed by atoms with Crippen LogP contribution in [0.5, 0.6) is 0 Å². The topological polar surface area (TPSA) is 194 Å². The molecule has 0 aliphatic rings. The number of hydrogen-bond donors (Lipinski definition) is 5. The number of aliphatic hydroxyl groups is 3. The summed E-state index contributed by atoms with van der Waals surface area (Å²) in [5.74, 6) is -3.74. The fraction of sp³-hybridized carbons (Fsp3) is 0.342. The lowest BCUT2D eigenvalue weighted by Gasteiger charge is -2.27. The third-order valence-electron chi connectivity index (χ3n) is 8.40. The summed E-state index contributed by atoms with van der Waals surface area (Å²) in [5.41, 5.74) is 1.80. The number of alkyl halides is 3. The number of aliphatic hydroxyl groups excluding tert-OH is 3. The smallest absolute Gasteiger partial charge is 0.416 e. The Morgan fingerprint density at radius 1 is 0.821 bits per heavy atom. The van der Waals surface area contributed by atoms with Gasteiger partial charge in [0.25, 0.3) is 5.56 Å². The molecule has 13 nitrogen and oxygen atoms in total. The van der Waals surface area contributed by atoms with Crippen LogP contribution in [0.4, 0.5) is 17.6 Å². The number of thioether (sulfide) groups is 1. The molecular formula is C38H42F4N4O9S. The van der Waals surface area contributed by atoms with Crippen molar-refractivity contribution in [1.82, 2.24) is 19.4 Å². The molecule has 1 heterocycles. The third-order valence-corrected chi connectivity index (χ3v) is 9.46. The Morgan fingerprint density at radius 3 is 1.82 bits per heavy atom. The fourth-order valence-corrected chi connectivity index (χ4v) is 5.99. The van der Waals surface area contributed by atoms with Crippen LogP contribution in [-0.2, 0) is 46.0 Å². The van der Waals surface area contributed by atoms with E-state index in [1.807, 2.05) is 38.1 Å². The fourth-order valence-electron chi connectivity index (χ4n) is 5.07. The lowest BCUT2D eigenvalue weighted by molar-refractivity contribution is -0.165. The van der Waals surface area contributed by atoms with Crippen LogP contribution in [0.15, 0.2) is 88.9 Å². The van der Waals surface area contributed by atoms with E-state index in [2.05, 4.69) is 9.88 Å². The molecule has 0 fully saturated rings. The number of likely N-dealkylation sites (N-methyl/N-ethyl adjacent to an activating group) is 1. The number of carbonyl (C=O) groups is 3. The number of carbonyl (C=O) groups excluding carboxylic acids is 1.